The Morgan fingerprint density at radius 3 is 1.93 bits per heavy atom. The standard InChI is InChI=1S/C9H18N2O2.C2H6/c1-6(2)8(10)9(13)11(4)5-7(3)12;1-2/h6,8H,5,10H2,1-4H3;1-2H3. The Kier molecular flexibility index (Phi) is 9.27. The van der Waals surface area contributed by atoms with Crippen molar-refractivity contribution in [3.63, 3.8) is 0 Å². The summed E-state index contributed by atoms with van der Waals surface area (Å²) in [7, 11) is 1.59. The minimum Gasteiger partial charge on any atom is -0.337 e. The van der Waals surface area contributed by atoms with Gasteiger partial charge in [-0.25, -0.2) is 0 Å². The number of carbonyl (C=O) groups excluding carboxylic acids is 2. The van der Waals surface area contributed by atoms with Crippen LogP contribution < -0.4 is 5.73 Å². The summed E-state index contributed by atoms with van der Waals surface area (Å²) in [6.07, 6.45) is 0. The van der Waals surface area contributed by atoms with E-state index in [1.165, 1.54) is 11.8 Å². The normalized spacial score (nSPS) is 11.5. The molecule has 0 aromatic rings. The molecule has 0 rings (SSSR count). The van der Waals surface area contributed by atoms with E-state index in [1.807, 2.05) is 27.7 Å². The zero-order valence-electron chi connectivity index (χ0n) is 10.7. The van der Waals surface area contributed by atoms with Crippen LogP contribution >= 0.6 is 0 Å². The molecule has 1 unspecified atom stereocenters. The smallest absolute Gasteiger partial charge is 0.239 e. The molecule has 2 N–H and O–H groups in total. The van der Waals surface area contributed by atoms with Gasteiger partial charge in [-0.2, -0.15) is 0 Å². The Bertz CT molecular complexity index is 203. The zero-order valence-corrected chi connectivity index (χ0v) is 10.7. The predicted molar refractivity (Wildman–Crippen MR) is 62.5 cm³/mol. The van der Waals surface area contributed by atoms with Crippen LogP contribution in [-0.2, 0) is 9.59 Å². The quantitative estimate of drug-likeness (QED) is 0.763. The van der Waals surface area contributed by atoms with Gasteiger partial charge in [-0.3, -0.25) is 9.59 Å². The second-order valence-corrected chi connectivity index (χ2v) is 3.67. The van der Waals surface area contributed by atoms with Gasteiger partial charge < -0.3 is 10.6 Å². The third kappa shape index (κ3) is 7.08. The molecule has 0 saturated heterocycles. The van der Waals surface area contributed by atoms with Gasteiger partial charge in [0.2, 0.25) is 5.91 Å². The van der Waals surface area contributed by atoms with Crippen LogP contribution in [0.2, 0.25) is 0 Å². The molecule has 0 aromatic carbocycles. The van der Waals surface area contributed by atoms with Crippen LogP contribution in [0.3, 0.4) is 0 Å². The molecule has 1 atom stereocenters. The average molecular weight is 216 g/mol. The lowest BCUT2D eigenvalue weighted by Gasteiger charge is -2.22. The topological polar surface area (TPSA) is 63.4 Å². The molecule has 0 aliphatic heterocycles. The molecule has 4 nitrogen and oxygen atoms in total. The Labute approximate surface area is 92.8 Å². The van der Waals surface area contributed by atoms with Crippen molar-refractivity contribution >= 4 is 11.7 Å². The largest absolute Gasteiger partial charge is 0.337 e. The second-order valence-electron chi connectivity index (χ2n) is 3.67. The van der Waals surface area contributed by atoms with Gasteiger partial charge in [0.15, 0.2) is 0 Å². The highest BCUT2D eigenvalue weighted by Crippen LogP contribution is 2.01. The summed E-state index contributed by atoms with van der Waals surface area (Å²) in [4.78, 5) is 23.6. The van der Waals surface area contributed by atoms with Crippen molar-refractivity contribution in [3.8, 4) is 0 Å². The lowest BCUT2D eigenvalue weighted by atomic mass is 10.0. The van der Waals surface area contributed by atoms with Gasteiger partial charge in [-0.05, 0) is 12.8 Å². The fourth-order valence-electron chi connectivity index (χ4n) is 0.952. The predicted octanol–water partition coefficient (Wildman–Crippen LogP) is 1.04. The number of hydrogen-bond donors (Lipinski definition) is 1. The van der Waals surface area contributed by atoms with Crippen molar-refractivity contribution in [1.29, 1.82) is 0 Å². The fraction of sp³-hybridized carbons (Fsp3) is 0.818. The van der Waals surface area contributed by atoms with E-state index in [1.54, 1.807) is 7.05 Å². The Balaban J connectivity index is 0. The summed E-state index contributed by atoms with van der Waals surface area (Å²) in [5.41, 5.74) is 5.63. The zero-order chi connectivity index (χ0) is 12.6. The number of carbonyl (C=O) groups is 2. The van der Waals surface area contributed by atoms with Crippen molar-refractivity contribution < 1.29 is 9.59 Å². The molecule has 0 bridgehead atoms. The van der Waals surface area contributed by atoms with Gasteiger partial charge in [0.05, 0.1) is 12.6 Å². The lowest BCUT2D eigenvalue weighted by molar-refractivity contribution is -0.135. The monoisotopic (exact) mass is 216 g/mol. The first kappa shape index (κ1) is 16.5. The highest BCUT2D eigenvalue weighted by molar-refractivity contribution is 5.87. The molecule has 0 spiro atoms. The molecular weight excluding hydrogens is 192 g/mol. The molecular formula is C11H24N2O2. The molecule has 0 aromatic heterocycles. The average Bonchev–Trinajstić information content (AvgIpc) is 2.17. The molecule has 1 amide bonds. The summed E-state index contributed by atoms with van der Waals surface area (Å²) in [6.45, 7) is 9.35. The molecule has 0 saturated carbocycles. The number of hydrogen-bond acceptors (Lipinski definition) is 3. The van der Waals surface area contributed by atoms with Gasteiger partial charge >= 0.3 is 0 Å². The summed E-state index contributed by atoms with van der Waals surface area (Å²) < 4.78 is 0. The van der Waals surface area contributed by atoms with E-state index in [9.17, 15) is 9.59 Å². The third-order valence-electron chi connectivity index (χ3n) is 1.84. The molecule has 0 aliphatic rings. The maximum absolute atomic E-state index is 11.5. The Morgan fingerprint density at radius 2 is 1.67 bits per heavy atom. The molecule has 4 heteroatoms. The van der Waals surface area contributed by atoms with E-state index in [2.05, 4.69) is 0 Å². The van der Waals surface area contributed by atoms with Gasteiger partial charge in [-0.15, -0.1) is 0 Å². The molecule has 0 heterocycles. The first-order valence-electron chi connectivity index (χ1n) is 5.36. The molecule has 0 fully saturated rings. The number of Topliss-reactive ketones (excluding diaryl/α,β-unsaturated/α-hetero) is 1. The van der Waals surface area contributed by atoms with Gasteiger partial charge in [0, 0.05) is 7.05 Å². The maximum atomic E-state index is 11.5. The van der Waals surface area contributed by atoms with Crippen LogP contribution in [0.4, 0.5) is 0 Å². The number of ketones is 1. The molecule has 0 radical (unpaired) electrons. The summed E-state index contributed by atoms with van der Waals surface area (Å²) in [5.74, 6) is -0.112. The van der Waals surface area contributed by atoms with Crippen LogP contribution in [0.1, 0.15) is 34.6 Å². The SMILES string of the molecule is CC.CC(=O)CN(C)C(=O)C(N)C(C)C. The van der Waals surface area contributed by atoms with E-state index in [4.69, 9.17) is 5.73 Å². The van der Waals surface area contributed by atoms with Crippen molar-refractivity contribution in [2.45, 2.75) is 40.7 Å². The van der Waals surface area contributed by atoms with Crippen LogP contribution in [0.5, 0.6) is 0 Å². The number of nitrogens with zero attached hydrogens (tertiary/aromatic N) is 1. The summed E-state index contributed by atoms with van der Waals surface area (Å²) in [6, 6.07) is -0.510. The lowest BCUT2D eigenvalue weighted by Crippen LogP contribution is -2.46. The third-order valence-corrected chi connectivity index (χ3v) is 1.84. The van der Waals surface area contributed by atoms with E-state index in [-0.39, 0.29) is 24.2 Å². The van der Waals surface area contributed by atoms with Crippen LogP contribution in [-0.4, -0.2) is 36.2 Å². The second kappa shape index (κ2) is 8.41. The number of nitrogens with two attached hydrogens (primary N) is 1. The first-order chi connectivity index (χ1) is 6.86. The van der Waals surface area contributed by atoms with E-state index >= 15 is 0 Å². The molecule has 0 aliphatic carbocycles. The minimum atomic E-state index is -0.510. The number of likely N-dealkylation sites (N-methyl/N-ethyl adjacent to an activating group) is 1. The van der Waals surface area contributed by atoms with Crippen molar-refractivity contribution in [2.24, 2.45) is 11.7 Å². The first-order valence-corrected chi connectivity index (χ1v) is 5.36. The summed E-state index contributed by atoms with van der Waals surface area (Å²) >= 11 is 0. The van der Waals surface area contributed by atoms with Gasteiger partial charge in [-0.1, -0.05) is 27.7 Å². The van der Waals surface area contributed by atoms with Crippen molar-refractivity contribution in [1.82, 2.24) is 4.90 Å². The van der Waals surface area contributed by atoms with E-state index in [0.29, 0.717) is 0 Å². The van der Waals surface area contributed by atoms with Gasteiger partial charge in [0.1, 0.15) is 5.78 Å². The van der Waals surface area contributed by atoms with Gasteiger partial charge in [0.25, 0.3) is 0 Å². The van der Waals surface area contributed by atoms with Crippen LogP contribution in [0.25, 0.3) is 0 Å². The summed E-state index contributed by atoms with van der Waals surface area (Å²) in [5, 5.41) is 0. The van der Waals surface area contributed by atoms with Crippen molar-refractivity contribution in [3.05, 3.63) is 0 Å². The Morgan fingerprint density at radius 1 is 1.27 bits per heavy atom. The molecule has 90 valence electrons. The highest BCUT2D eigenvalue weighted by Gasteiger charge is 2.21. The highest BCUT2D eigenvalue weighted by atomic mass is 16.2. The minimum absolute atomic E-state index is 0.0354. The fourth-order valence-corrected chi connectivity index (χ4v) is 0.952. The Hall–Kier alpha value is -0.900. The number of rotatable bonds is 4. The van der Waals surface area contributed by atoms with Crippen LogP contribution in [0.15, 0.2) is 0 Å². The van der Waals surface area contributed by atoms with Crippen LogP contribution in [0, 0.1) is 5.92 Å². The number of amides is 1. The van der Waals surface area contributed by atoms with E-state index < -0.39 is 6.04 Å². The van der Waals surface area contributed by atoms with Crippen molar-refractivity contribution in [2.75, 3.05) is 13.6 Å². The van der Waals surface area contributed by atoms with E-state index in [0.717, 1.165) is 0 Å². The molecule has 15 heavy (non-hydrogen) atoms. The maximum Gasteiger partial charge on any atom is 0.239 e.